The van der Waals surface area contributed by atoms with Crippen molar-refractivity contribution >= 4 is 27.5 Å². The second-order valence-electron chi connectivity index (χ2n) is 4.69. The Labute approximate surface area is 121 Å². The average molecular weight is 315 g/mol. The molecular formula is C12H14FN3O4S. The third-order valence-corrected chi connectivity index (χ3v) is 4.75. The van der Waals surface area contributed by atoms with Gasteiger partial charge in [0.2, 0.25) is 21.8 Å². The van der Waals surface area contributed by atoms with Crippen molar-refractivity contribution in [3.05, 3.63) is 24.0 Å². The number of piperidine rings is 1. The molecule has 1 heterocycles. The molecule has 0 bridgehead atoms. The Morgan fingerprint density at radius 2 is 2.05 bits per heavy atom. The van der Waals surface area contributed by atoms with Gasteiger partial charge < -0.3 is 5.73 Å². The van der Waals surface area contributed by atoms with Gasteiger partial charge in [-0.05, 0) is 24.6 Å². The summed E-state index contributed by atoms with van der Waals surface area (Å²) in [5.41, 5.74) is 5.23. The van der Waals surface area contributed by atoms with Gasteiger partial charge in [-0.2, -0.15) is 4.72 Å². The van der Waals surface area contributed by atoms with Crippen LogP contribution in [0.1, 0.15) is 12.8 Å². The number of benzene rings is 1. The number of carbonyl (C=O) groups is 2. The molecule has 0 saturated carbocycles. The zero-order valence-corrected chi connectivity index (χ0v) is 12.0. The Hall–Kier alpha value is -2.00. The Morgan fingerprint density at radius 3 is 2.67 bits per heavy atom. The van der Waals surface area contributed by atoms with E-state index >= 15 is 0 Å². The molecule has 2 rings (SSSR count). The van der Waals surface area contributed by atoms with Crippen LogP contribution in [0, 0.1) is 5.82 Å². The third-order valence-electron chi connectivity index (χ3n) is 3.21. The first-order valence-corrected chi connectivity index (χ1v) is 7.58. The predicted octanol–water partition coefficient (Wildman–Crippen LogP) is -0.166. The molecule has 1 atom stereocenters. The smallest absolute Gasteiger partial charge is 0.247 e. The Morgan fingerprint density at radius 1 is 1.38 bits per heavy atom. The summed E-state index contributed by atoms with van der Waals surface area (Å²) in [5, 5.41) is 0. The summed E-state index contributed by atoms with van der Waals surface area (Å²) < 4.78 is 39.6. The van der Waals surface area contributed by atoms with Crippen LogP contribution in [0.4, 0.5) is 10.1 Å². The van der Waals surface area contributed by atoms with Crippen LogP contribution in [0.5, 0.6) is 0 Å². The van der Waals surface area contributed by atoms with E-state index in [4.69, 9.17) is 5.73 Å². The molecule has 7 nitrogen and oxygen atoms in total. The summed E-state index contributed by atoms with van der Waals surface area (Å²) >= 11 is 0. The number of nitrogens with zero attached hydrogens (tertiary/aromatic N) is 1. The quantitative estimate of drug-likeness (QED) is 0.594. The van der Waals surface area contributed by atoms with E-state index in [0.717, 1.165) is 23.1 Å². The average Bonchev–Trinajstić information content (AvgIpc) is 2.39. The molecule has 1 aromatic rings. The van der Waals surface area contributed by atoms with Crippen LogP contribution in [-0.4, -0.2) is 38.2 Å². The molecular weight excluding hydrogens is 301 g/mol. The summed E-state index contributed by atoms with van der Waals surface area (Å²) in [7, 11) is -2.79. The summed E-state index contributed by atoms with van der Waals surface area (Å²) in [4.78, 5) is 23.8. The molecule has 21 heavy (non-hydrogen) atoms. The van der Waals surface area contributed by atoms with Crippen LogP contribution in [0.2, 0.25) is 0 Å². The van der Waals surface area contributed by atoms with Crippen LogP contribution in [0.25, 0.3) is 0 Å². The number of anilines is 1. The van der Waals surface area contributed by atoms with Crippen LogP contribution >= 0.6 is 0 Å². The van der Waals surface area contributed by atoms with Crippen molar-refractivity contribution in [3.8, 4) is 0 Å². The standard InChI is InChI=1S/C12H14FN3O4S/c1-16-11(17)5-3-9(12(16)18)15-21(19,20)10-4-2-7(13)6-8(10)14/h2,4,6,9,15H,3,5,14H2,1H3. The highest BCUT2D eigenvalue weighted by Gasteiger charge is 2.35. The molecule has 0 radical (unpaired) electrons. The van der Waals surface area contributed by atoms with Crippen LogP contribution in [0.15, 0.2) is 23.1 Å². The van der Waals surface area contributed by atoms with E-state index in [1.54, 1.807) is 0 Å². The number of likely N-dealkylation sites (tertiary alicyclic amines) is 1. The monoisotopic (exact) mass is 315 g/mol. The number of nitrogens with two attached hydrogens (primary N) is 1. The van der Waals surface area contributed by atoms with Crippen molar-refractivity contribution in [2.24, 2.45) is 0 Å². The number of nitrogens with one attached hydrogen (secondary N) is 1. The third kappa shape index (κ3) is 3.03. The van der Waals surface area contributed by atoms with Crippen molar-refractivity contribution in [2.75, 3.05) is 12.8 Å². The van der Waals surface area contributed by atoms with Gasteiger partial charge in [-0.15, -0.1) is 0 Å². The van der Waals surface area contributed by atoms with Gasteiger partial charge in [0, 0.05) is 13.5 Å². The van der Waals surface area contributed by atoms with Gasteiger partial charge in [0.05, 0.1) is 5.69 Å². The first-order valence-electron chi connectivity index (χ1n) is 6.10. The largest absolute Gasteiger partial charge is 0.398 e. The number of likely N-dealkylation sites (N-methyl/N-ethyl adjacent to an activating group) is 1. The molecule has 3 N–H and O–H groups in total. The molecule has 114 valence electrons. The fourth-order valence-electron chi connectivity index (χ4n) is 2.04. The van der Waals surface area contributed by atoms with E-state index in [2.05, 4.69) is 4.72 Å². The molecule has 1 fully saturated rings. The van der Waals surface area contributed by atoms with Gasteiger partial charge in [-0.1, -0.05) is 0 Å². The van der Waals surface area contributed by atoms with Crippen molar-refractivity contribution in [1.29, 1.82) is 0 Å². The lowest BCUT2D eigenvalue weighted by molar-refractivity contribution is -0.147. The number of sulfonamides is 1. The molecule has 0 aliphatic carbocycles. The lowest BCUT2D eigenvalue weighted by Crippen LogP contribution is -2.52. The molecule has 1 saturated heterocycles. The van der Waals surface area contributed by atoms with Crippen molar-refractivity contribution < 1.29 is 22.4 Å². The van der Waals surface area contributed by atoms with E-state index in [9.17, 15) is 22.4 Å². The first-order chi connectivity index (χ1) is 9.72. The summed E-state index contributed by atoms with van der Waals surface area (Å²) in [6.45, 7) is 0. The number of hydrogen-bond donors (Lipinski definition) is 2. The minimum Gasteiger partial charge on any atom is -0.398 e. The maximum Gasteiger partial charge on any atom is 0.247 e. The molecule has 1 aromatic carbocycles. The molecule has 1 aliphatic rings. The van der Waals surface area contributed by atoms with Gasteiger partial charge in [-0.25, -0.2) is 12.8 Å². The van der Waals surface area contributed by atoms with Crippen molar-refractivity contribution in [2.45, 2.75) is 23.8 Å². The molecule has 9 heteroatoms. The number of hydrogen-bond acceptors (Lipinski definition) is 5. The SMILES string of the molecule is CN1C(=O)CCC(NS(=O)(=O)c2ccc(F)cc2N)C1=O. The minimum atomic E-state index is -4.08. The highest BCUT2D eigenvalue weighted by molar-refractivity contribution is 7.89. The highest BCUT2D eigenvalue weighted by atomic mass is 32.2. The van der Waals surface area contributed by atoms with E-state index in [1.165, 1.54) is 7.05 Å². The van der Waals surface area contributed by atoms with E-state index < -0.39 is 27.8 Å². The topological polar surface area (TPSA) is 110 Å². The lowest BCUT2D eigenvalue weighted by Gasteiger charge is -2.28. The zero-order chi connectivity index (χ0) is 15.8. The normalized spacial score (nSPS) is 19.9. The van der Waals surface area contributed by atoms with Crippen LogP contribution in [0.3, 0.4) is 0 Å². The number of rotatable bonds is 3. The molecule has 1 unspecified atom stereocenters. The Kier molecular flexibility index (Phi) is 3.97. The fraction of sp³-hybridized carbons (Fsp3) is 0.333. The van der Waals surface area contributed by atoms with Gasteiger partial charge in [0.15, 0.2) is 0 Å². The van der Waals surface area contributed by atoms with E-state index in [1.807, 2.05) is 0 Å². The molecule has 2 amide bonds. The maximum atomic E-state index is 13.0. The number of imide groups is 1. The fourth-order valence-corrected chi connectivity index (χ4v) is 3.38. The number of carbonyl (C=O) groups excluding carboxylic acids is 2. The maximum absolute atomic E-state index is 13.0. The van der Waals surface area contributed by atoms with Crippen molar-refractivity contribution in [3.63, 3.8) is 0 Å². The summed E-state index contributed by atoms with van der Waals surface area (Å²) in [6, 6.07) is 1.83. The van der Waals surface area contributed by atoms with Gasteiger partial charge >= 0.3 is 0 Å². The molecule has 0 spiro atoms. The second kappa shape index (κ2) is 5.41. The van der Waals surface area contributed by atoms with Gasteiger partial charge in [0.25, 0.3) is 0 Å². The number of nitrogen functional groups attached to an aromatic ring is 1. The van der Waals surface area contributed by atoms with Gasteiger partial charge in [-0.3, -0.25) is 14.5 Å². The Balaban J connectivity index is 2.25. The molecule has 0 aromatic heterocycles. The predicted molar refractivity (Wildman–Crippen MR) is 71.9 cm³/mol. The zero-order valence-electron chi connectivity index (χ0n) is 11.2. The lowest BCUT2D eigenvalue weighted by atomic mass is 10.1. The van der Waals surface area contributed by atoms with Crippen molar-refractivity contribution in [1.82, 2.24) is 9.62 Å². The first kappa shape index (κ1) is 15.4. The second-order valence-corrected chi connectivity index (χ2v) is 6.37. The summed E-state index contributed by atoms with van der Waals surface area (Å²) in [6.07, 6.45) is 0.136. The number of amides is 2. The minimum absolute atomic E-state index is 0.0638. The van der Waals surface area contributed by atoms with E-state index in [-0.39, 0.29) is 29.3 Å². The van der Waals surface area contributed by atoms with E-state index in [0.29, 0.717) is 0 Å². The van der Waals surface area contributed by atoms with Gasteiger partial charge in [0.1, 0.15) is 16.8 Å². The van der Waals surface area contributed by atoms with Crippen LogP contribution in [-0.2, 0) is 19.6 Å². The highest BCUT2D eigenvalue weighted by Crippen LogP contribution is 2.21. The summed E-state index contributed by atoms with van der Waals surface area (Å²) in [5.74, 6) is -1.65. The Bertz CT molecular complexity index is 704. The number of halogens is 1. The molecule has 1 aliphatic heterocycles. The van der Waals surface area contributed by atoms with Crippen LogP contribution < -0.4 is 10.5 Å².